The molecule has 8 nitrogen and oxygen atoms in total. The number of H-pyrrole nitrogens is 1. The van der Waals surface area contributed by atoms with Gasteiger partial charge in [0.1, 0.15) is 0 Å². The summed E-state index contributed by atoms with van der Waals surface area (Å²) in [7, 11) is 4.13. The topological polar surface area (TPSA) is 81.2 Å². The lowest BCUT2D eigenvalue weighted by Gasteiger charge is -2.35. The average Bonchev–Trinajstić information content (AvgIpc) is 3.24. The molecule has 128 valence electrons. The molecule has 1 amide bonds. The third-order valence-corrected chi connectivity index (χ3v) is 5.29. The Morgan fingerprint density at radius 1 is 1.30 bits per heavy atom. The summed E-state index contributed by atoms with van der Waals surface area (Å²) < 4.78 is 0. The summed E-state index contributed by atoms with van der Waals surface area (Å²) in [4.78, 5) is 19.3. The molecule has 0 aliphatic carbocycles. The Morgan fingerprint density at radius 2 is 2.09 bits per heavy atom. The molecule has 2 aliphatic heterocycles. The number of carbonyl (C=O) groups excluding carboxylic acids is 1. The van der Waals surface area contributed by atoms with Crippen molar-refractivity contribution in [3.63, 3.8) is 0 Å². The fourth-order valence-electron chi connectivity index (χ4n) is 3.66. The number of rotatable bonds is 5. The molecule has 0 saturated carbocycles. The Labute approximate surface area is 137 Å². The normalized spacial score (nSPS) is 24.2. The molecule has 1 unspecified atom stereocenters. The Balaban J connectivity index is 1.45. The lowest BCUT2D eigenvalue weighted by Crippen LogP contribution is -2.45. The minimum Gasteiger partial charge on any atom is -0.341 e. The zero-order chi connectivity index (χ0) is 16.2. The molecule has 2 saturated heterocycles. The summed E-state index contributed by atoms with van der Waals surface area (Å²) >= 11 is 0. The van der Waals surface area contributed by atoms with E-state index in [2.05, 4.69) is 37.5 Å². The zero-order valence-electron chi connectivity index (χ0n) is 14.1. The maximum Gasteiger partial charge on any atom is 0.223 e. The van der Waals surface area contributed by atoms with Gasteiger partial charge in [0, 0.05) is 45.1 Å². The number of likely N-dealkylation sites (N-methyl/N-ethyl adjacent to an activating group) is 1. The van der Waals surface area contributed by atoms with Gasteiger partial charge in [-0.2, -0.15) is 5.21 Å². The van der Waals surface area contributed by atoms with Crippen molar-refractivity contribution in [1.29, 1.82) is 0 Å². The van der Waals surface area contributed by atoms with Gasteiger partial charge in [-0.1, -0.05) is 5.21 Å². The minimum atomic E-state index is 0.171. The largest absolute Gasteiger partial charge is 0.341 e. The fraction of sp³-hybridized carbons (Fsp3) is 0.867. The van der Waals surface area contributed by atoms with E-state index in [0.717, 1.165) is 19.5 Å². The summed E-state index contributed by atoms with van der Waals surface area (Å²) in [6.07, 6.45) is 4.57. The first-order valence-electron chi connectivity index (χ1n) is 8.54. The minimum absolute atomic E-state index is 0.171. The number of aromatic amines is 1. The van der Waals surface area contributed by atoms with E-state index < -0.39 is 0 Å². The second kappa shape index (κ2) is 7.35. The first-order chi connectivity index (χ1) is 11.1. The maximum atomic E-state index is 12.4. The standard InChI is InChI=1S/C15H27N7O/c1-20-8-5-12(6-9-20)22-10-7-13(11-22)21(2)15(23)4-3-14-16-18-19-17-14/h12-13H,3-11H2,1-2H3,(H,16,17,18,19). The van der Waals surface area contributed by atoms with Crippen molar-refractivity contribution >= 4 is 5.91 Å². The van der Waals surface area contributed by atoms with E-state index in [0.29, 0.717) is 30.7 Å². The summed E-state index contributed by atoms with van der Waals surface area (Å²) in [6.45, 7) is 4.50. The molecule has 0 aromatic carbocycles. The van der Waals surface area contributed by atoms with Crippen LogP contribution < -0.4 is 0 Å². The third-order valence-electron chi connectivity index (χ3n) is 5.29. The smallest absolute Gasteiger partial charge is 0.223 e. The van der Waals surface area contributed by atoms with Crippen LogP contribution in [0.15, 0.2) is 0 Å². The van der Waals surface area contributed by atoms with Crippen LogP contribution in [0.1, 0.15) is 31.5 Å². The van der Waals surface area contributed by atoms with Crippen molar-refractivity contribution in [2.45, 2.75) is 44.2 Å². The summed E-state index contributed by atoms with van der Waals surface area (Å²) in [6, 6.07) is 1.03. The van der Waals surface area contributed by atoms with Crippen LogP contribution in [0, 0.1) is 0 Å². The molecular formula is C15H27N7O. The van der Waals surface area contributed by atoms with Crippen LogP contribution in [0.3, 0.4) is 0 Å². The van der Waals surface area contributed by atoms with Crippen molar-refractivity contribution in [3.8, 4) is 0 Å². The van der Waals surface area contributed by atoms with E-state index in [1.165, 1.54) is 25.9 Å². The van der Waals surface area contributed by atoms with Gasteiger partial charge in [-0.25, -0.2) is 0 Å². The molecule has 2 aliphatic rings. The number of carbonyl (C=O) groups is 1. The molecule has 3 rings (SSSR count). The second-order valence-corrected chi connectivity index (χ2v) is 6.80. The highest BCUT2D eigenvalue weighted by atomic mass is 16.2. The van der Waals surface area contributed by atoms with Crippen molar-refractivity contribution in [2.24, 2.45) is 0 Å². The summed E-state index contributed by atoms with van der Waals surface area (Å²) in [5.41, 5.74) is 0. The van der Waals surface area contributed by atoms with E-state index in [-0.39, 0.29) is 5.91 Å². The molecular weight excluding hydrogens is 294 g/mol. The first-order valence-corrected chi connectivity index (χ1v) is 8.54. The Bertz CT molecular complexity index is 498. The summed E-state index contributed by atoms with van der Waals surface area (Å²) in [5, 5.41) is 13.7. The number of aryl methyl sites for hydroxylation is 1. The highest BCUT2D eigenvalue weighted by molar-refractivity contribution is 5.76. The number of piperidine rings is 1. The predicted octanol–water partition coefficient (Wildman–Crippen LogP) is -0.241. The maximum absolute atomic E-state index is 12.4. The SMILES string of the molecule is CN1CCC(N2CCC(N(C)C(=O)CCc3nn[nH]n3)C2)CC1. The number of tetrazole rings is 1. The molecule has 1 aromatic heterocycles. The first kappa shape index (κ1) is 16.3. The molecule has 0 bridgehead atoms. The van der Waals surface area contributed by atoms with E-state index >= 15 is 0 Å². The molecule has 23 heavy (non-hydrogen) atoms. The highest BCUT2D eigenvalue weighted by Gasteiger charge is 2.33. The van der Waals surface area contributed by atoms with Gasteiger partial charge >= 0.3 is 0 Å². The van der Waals surface area contributed by atoms with Crippen molar-refractivity contribution in [2.75, 3.05) is 40.3 Å². The Hall–Kier alpha value is -1.54. The number of nitrogens with zero attached hydrogens (tertiary/aromatic N) is 6. The lowest BCUT2D eigenvalue weighted by molar-refractivity contribution is -0.131. The van der Waals surface area contributed by atoms with Crippen LogP contribution in [0.5, 0.6) is 0 Å². The van der Waals surface area contributed by atoms with Crippen LogP contribution in [0.25, 0.3) is 0 Å². The molecule has 0 spiro atoms. The van der Waals surface area contributed by atoms with E-state index in [1.807, 2.05) is 11.9 Å². The third kappa shape index (κ3) is 4.06. The van der Waals surface area contributed by atoms with Crippen molar-refractivity contribution < 1.29 is 4.79 Å². The van der Waals surface area contributed by atoms with Gasteiger partial charge in [-0.15, -0.1) is 10.2 Å². The molecule has 1 N–H and O–H groups in total. The Morgan fingerprint density at radius 3 is 2.78 bits per heavy atom. The van der Waals surface area contributed by atoms with Gasteiger partial charge in [0.2, 0.25) is 5.91 Å². The van der Waals surface area contributed by atoms with Crippen LogP contribution in [0.2, 0.25) is 0 Å². The highest BCUT2D eigenvalue weighted by Crippen LogP contribution is 2.23. The predicted molar refractivity (Wildman–Crippen MR) is 85.8 cm³/mol. The molecule has 1 aromatic rings. The number of aromatic nitrogens is 4. The molecule has 0 radical (unpaired) electrons. The van der Waals surface area contributed by atoms with Gasteiger partial charge in [0.05, 0.1) is 0 Å². The second-order valence-electron chi connectivity index (χ2n) is 6.80. The van der Waals surface area contributed by atoms with Gasteiger partial charge in [-0.3, -0.25) is 9.69 Å². The zero-order valence-corrected chi connectivity index (χ0v) is 14.1. The van der Waals surface area contributed by atoms with Gasteiger partial charge in [0.15, 0.2) is 5.82 Å². The number of amides is 1. The van der Waals surface area contributed by atoms with Gasteiger partial charge in [0.25, 0.3) is 0 Å². The van der Waals surface area contributed by atoms with Crippen LogP contribution in [0.4, 0.5) is 0 Å². The fourth-order valence-corrected chi connectivity index (χ4v) is 3.66. The Kier molecular flexibility index (Phi) is 5.22. The average molecular weight is 321 g/mol. The van der Waals surface area contributed by atoms with Crippen LogP contribution >= 0.6 is 0 Å². The summed E-state index contributed by atoms with van der Waals surface area (Å²) in [5.74, 6) is 0.774. The van der Waals surface area contributed by atoms with E-state index in [9.17, 15) is 4.79 Å². The van der Waals surface area contributed by atoms with Crippen molar-refractivity contribution in [3.05, 3.63) is 5.82 Å². The monoisotopic (exact) mass is 321 g/mol. The number of likely N-dealkylation sites (tertiary alicyclic amines) is 2. The quantitative estimate of drug-likeness (QED) is 0.806. The number of hydrogen-bond acceptors (Lipinski definition) is 6. The van der Waals surface area contributed by atoms with E-state index in [1.54, 1.807) is 0 Å². The molecule has 2 fully saturated rings. The molecule has 1 atom stereocenters. The van der Waals surface area contributed by atoms with Crippen LogP contribution in [-0.4, -0.2) is 93.6 Å². The molecule has 3 heterocycles. The number of nitrogens with one attached hydrogen (secondary N) is 1. The van der Waals surface area contributed by atoms with E-state index in [4.69, 9.17) is 0 Å². The number of hydrogen-bond donors (Lipinski definition) is 1. The molecule has 8 heteroatoms. The van der Waals surface area contributed by atoms with Gasteiger partial charge in [-0.05, 0) is 39.4 Å². The van der Waals surface area contributed by atoms with Crippen molar-refractivity contribution in [1.82, 2.24) is 35.3 Å². The van der Waals surface area contributed by atoms with Gasteiger partial charge < -0.3 is 9.80 Å². The lowest BCUT2D eigenvalue weighted by atomic mass is 10.0. The van der Waals surface area contributed by atoms with Crippen LogP contribution in [-0.2, 0) is 11.2 Å².